The molecule has 0 bridgehead atoms. The summed E-state index contributed by atoms with van der Waals surface area (Å²) in [5, 5.41) is 3.73. The van der Waals surface area contributed by atoms with E-state index in [1.54, 1.807) is 0 Å². The number of carbonyl (C=O) groups excluding carboxylic acids is 1. The SMILES string of the molecule is O=C(NCC1(F)CCN(c2ncnc3[nH]ccc23)CC1)C1CC1. The van der Waals surface area contributed by atoms with Crippen LogP contribution in [0.2, 0.25) is 0 Å². The van der Waals surface area contributed by atoms with Gasteiger partial charge in [-0.3, -0.25) is 4.79 Å². The Morgan fingerprint density at radius 1 is 1.39 bits per heavy atom. The number of H-pyrrole nitrogens is 1. The number of fused-ring (bicyclic) bond motifs is 1. The van der Waals surface area contributed by atoms with Gasteiger partial charge in [-0.15, -0.1) is 0 Å². The van der Waals surface area contributed by atoms with Gasteiger partial charge in [0.05, 0.1) is 11.9 Å². The van der Waals surface area contributed by atoms with Gasteiger partial charge in [0.1, 0.15) is 23.5 Å². The Labute approximate surface area is 133 Å². The van der Waals surface area contributed by atoms with E-state index in [0.29, 0.717) is 25.9 Å². The van der Waals surface area contributed by atoms with Gasteiger partial charge in [0.2, 0.25) is 5.91 Å². The lowest BCUT2D eigenvalue weighted by atomic mass is 9.93. The first kappa shape index (κ1) is 14.4. The van der Waals surface area contributed by atoms with E-state index < -0.39 is 5.67 Å². The molecule has 23 heavy (non-hydrogen) atoms. The van der Waals surface area contributed by atoms with Crippen molar-refractivity contribution in [2.45, 2.75) is 31.4 Å². The molecule has 1 aliphatic carbocycles. The van der Waals surface area contributed by atoms with Crippen LogP contribution in [0, 0.1) is 5.92 Å². The van der Waals surface area contributed by atoms with Gasteiger partial charge in [0.15, 0.2) is 0 Å². The van der Waals surface area contributed by atoms with Crippen LogP contribution in [0.4, 0.5) is 10.2 Å². The summed E-state index contributed by atoms with van der Waals surface area (Å²) in [6, 6.07) is 1.94. The number of aromatic amines is 1. The van der Waals surface area contributed by atoms with Crippen molar-refractivity contribution in [1.29, 1.82) is 0 Å². The smallest absolute Gasteiger partial charge is 0.223 e. The van der Waals surface area contributed by atoms with Crippen LogP contribution in [0.5, 0.6) is 0 Å². The first-order valence-electron chi connectivity index (χ1n) is 8.14. The number of nitrogens with one attached hydrogen (secondary N) is 2. The number of hydrogen-bond donors (Lipinski definition) is 2. The molecule has 0 aromatic carbocycles. The predicted octanol–water partition coefficient (Wildman–Crippen LogP) is 1.79. The lowest BCUT2D eigenvalue weighted by molar-refractivity contribution is -0.123. The Morgan fingerprint density at radius 3 is 2.91 bits per heavy atom. The summed E-state index contributed by atoms with van der Waals surface area (Å²) in [6.07, 6.45) is 6.04. The molecule has 7 heteroatoms. The van der Waals surface area contributed by atoms with E-state index >= 15 is 0 Å². The zero-order chi connectivity index (χ0) is 15.9. The number of piperidine rings is 1. The zero-order valence-electron chi connectivity index (χ0n) is 12.9. The van der Waals surface area contributed by atoms with Crippen molar-refractivity contribution in [3.8, 4) is 0 Å². The highest BCUT2D eigenvalue weighted by atomic mass is 19.1. The third kappa shape index (κ3) is 2.87. The van der Waals surface area contributed by atoms with E-state index in [9.17, 15) is 9.18 Å². The Kier molecular flexibility index (Phi) is 3.43. The Balaban J connectivity index is 1.40. The molecule has 0 unspecified atom stereocenters. The normalized spacial score (nSPS) is 20.7. The zero-order valence-corrected chi connectivity index (χ0v) is 12.9. The highest BCUT2D eigenvalue weighted by Gasteiger charge is 2.37. The molecule has 4 rings (SSSR count). The van der Waals surface area contributed by atoms with Crippen LogP contribution in [0.3, 0.4) is 0 Å². The number of nitrogens with zero attached hydrogens (tertiary/aromatic N) is 3. The number of aromatic nitrogens is 3. The highest BCUT2D eigenvalue weighted by molar-refractivity contribution is 5.87. The summed E-state index contributed by atoms with van der Waals surface area (Å²) in [5.74, 6) is 0.983. The Bertz CT molecular complexity index is 718. The molecule has 1 saturated heterocycles. The molecule has 2 aliphatic rings. The van der Waals surface area contributed by atoms with Crippen molar-refractivity contribution in [1.82, 2.24) is 20.3 Å². The second kappa shape index (κ2) is 5.47. The number of carbonyl (C=O) groups is 1. The third-order valence-electron chi connectivity index (χ3n) is 4.82. The summed E-state index contributed by atoms with van der Waals surface area (Å²) >= 11 is 0. The number of anilines is 1. The fourth-order valence-electron chi connectivity index (χ4n) is 3.14. The maximum atomic E-state index is 14.9. The number of hydrogen-bond acceptors (Lipinski definition) is 4. The first-order valence-corrected chi connectivity index (χ1v) is 8.14. The molecule has 1 saturated carbocycles. The quantitative estimate of drug-likeness (QED) is 0.902. The lowest BCUT2D eigenvalue weighted by Gasteiger charge is -2.37. The van der Waals surface area contributed by atoms with E-state index in [1.807, 2.05) is 12.3 Å². The van der Waals surface area contributed by atoms with Crippen LogP contribution in [-0.2, 0) is 4.79 Å². The minimum absolute atomic E-state index is 0.00860. The van der Waals surface area contributed by atoms with E-state index in [1.165, 1.54) is 6.33 Å². The van der Waals surface area contributed by atoms with Gasteiger partial charge in [-0.2, -0.15) is 0 Å². The topological polar surface area (TPSA) is 73.9 Å². The molecular weight excluding hydrogens is 297 g/mol. The van der Waals surface area contributed by atoms with Crippen LogP contribution in [0.1, 0.15) is 25.7 Å². The van der Waals surface area contributed by atoms with Crippen LogP contribution in [0.25, 0.3) is 11.0 Å². The molecule has 3 heterocycles. The minimum atomic E-state index is -1.31. The second-order valence-electron chi connectivity index (χ2n) is 6.57. The van der Waals surface area contributed by atoms with Crippen molar-refractivity contribution in [2.24, 2.45) is 5.92 Å². The molecule has 2 fully saturated rings. The molecule has 2 N–H and O–H groups in total. The van der Waals surface area contributed by atoms with Crippen molar-refractivity contribution >= 4 is 22.8 Å². The molecule has 0 radical (unpaired) electrons. The van der Waals surface area contributed by atoms with Gasteiger partial charge in [0.25, 0.3) is 0 Å². The molecule has 122 valence electrons. The van der Waals surface area contributed by atoms with Crippen molar-refractivity contribution in [3.05, 3.63) is 18.6 Å². The maximum absolute atomic E-state index is 14.9. The molecule has 6 nitrogen and oxygen atoms in total. The monoisotopic (exact) mass is 317 g/mol. The summed E-state index contributed by atoms with van der Waals surface area (Å²) in [6.45, 7) is 1.31. The minimum Gasteiger partial charge on any atom is -0.356 e. The van der Waals surface area contributed by atoms with Crippen LogP contribution >= 0.6 is 0 Å². The average Bonchev–Trinajstić information content (AvgIpc) is 3.30. The Morgan fingerprint density at radius 2 is 2.17 bits per heavy atom. The van der Waals surface area contributed by atoms with E-state index in [2.05, 4.69) is 25.2 Å². The number of alkyl halides is 1. The third-order valence-corrected chi connectivity index (χ3v) is 4.82. The molecule has 0 atom stereocenters. The van der Waals surface area contributed by atoms with Crippen molar-refractivity contribution in [3.63, 3.8) is 0 Å². The van der Waals surface area contributed by atoms with Gasteiger partial charge >= 0.3 is 0 Å². The molecule has 1 amide bonds. The van der Waals surface area contributed by atoms with E-state index in [-0.39, 0.29) is 18.4 Å². The summed E-state index contributed by atoms with van der Waals surface area (Å²) in [5.41, 5.74) is -0.519. The van der Waals surface area contributed by atoms with Crippen LogP contribution < -0.4 is 10.2 Å². The average molecular weight is 317 g/mol. The summed E-state index contributed by atoms with van der Waals surface area (Å²) < 4.78 is 14.9. The van der Waals surface area contributed by atoms with Crippen molar-refractivity contribution < 1.29 is 9.18 Å². The van der Waals surface area contributed by atoms with Gasteiger partial charge in [0, 0.05) is 38.0 Å². The largest absolute Gasteiger partial charge is 0.356 e. The summed E-state index contributed by atoms with van der Waals surface area (Å²) in [4.78, 5) is 25.4. The molecule has 0 spiro atoms. The fraction of sp³-hybridized carbons (Fsp3) is 0.562. The predicted molar refractivity (Wildman–Crippen MR) is 84.9 cm³/mol. The number of halogens is 1. The van der Waals surface area contributed by atoms with Crippen LogP contribution in [-0.4, -0.2) is 46.2 Å². The molecule has 2 aromatic rings. The number of rotatable bonds is 4. The van der Waals surface area contributed by atoms with Crippen molar-refractivity contribution in [2.75, 3.05) is 24.5 Å². The Hall–Kier alpha value is -2.18. The molecule has 1 aliphatic heterocycles. The maximum Gasteiger partial charge on any atom is 0.223 e. The second-order valence-corrected chi connectivity index (χ2v) is 6.57. The van der Waals surface area contributed by atoms with Crippen LogP contribution in [0.15, 0.2) is 18.6 Å². The lowest BCUT2D eigenvalue weighted by Crippen LogP contribution is -2.48. The highest BCUT2D eigenvalue weighted by Crippen LogP contribution is 2.32. The van der Waals surface area contributed by atoms with E-state index in [0.717, 1.165) is 29.7 Å². The van der Waals surface area contributed by atoms with E-state index in [4.69, 9.17) is 0 Å². The van der Waals surface area contributed by atoms with Gasteiger partial charge in [-0.1, -0.05) is 0 Å². The van der Waals surface area contributed by atoms with Gasteiger partial charge in [-0.05, 0) is 18.9 Å². The summed E-state index contributed by atoms with van der Waals surface area (Å²) in [7, 11) is 0. The standard InChI is InChI=1S/C16H20FN5O/c17-16(9-19-15(23)11-1-2-11)4-7-22(8-5-16)14-12-3-6-18-13(12)20-10-21-14/h3,6,10-11H,1-2,4-5,7-9H2,(H,19,23)(H,18,20,21). The van der Waals surface area contributed by atoms with Gasteiger partial charge < -0.3 is 15.2 Å². The number of amides is 1. The van der Waals surface area contributed by atoms with Gasteiger partial charge in [-0.25, -0.2) is 14.4 Å². The first-order chi connectivity index (χ1) is 11.1. The molecule has 2 aromatic heterocycles. The molecular formula is C16H20FN5O. The fourth-order valence-corrected chi connectivity index (χ4v) is 3.14.